The number of rotatable bonds is 10. The molecule has 198 valence electrons. The van der Waals surface area contributed by atoms with E-state index in [9.17, 15) is 17.6 Å². The fourth-order valence-electron chi connectivity index (χ4n) is 4.46. The molecule has 1 saturated heterocycles. The van der Waals surface area contributed by atoms with Crippen molar-refractivity contribution in [3.63, 3.8) is 0 Å². The number of ether oxygens (including phenoxy) is 1. The largest absolute Gasteiger partial charge is 0.376 e. The predicted octanol–water partition coefficient (Wildman–Crippen LogP) is 5.13. The first-order valence-corrected chi connectivity index (χ1v) is 14.3. The van der Waals surface area contributed by atoms with Crippen molar-refractivity contribution in [2.45, 2.75) is 56.8 Å². The number of nitrogens with zero attached hydrogens (tertiary/aromatic N) is 3. The molecule has 1 unspecified atom stereocenters. The molecular weight excluding hydrogens is 517 g/mol. The van der Waals surface area contributed by atoms with E-state index in [0.717, 1.165) is 12.8 Å². The van der Waals surface area contributed by atoms with Gasteiger partial charge in [0.15, 0.2) is 0 Å². The van der Waals surface area contributed by atoms with Crippen molar-refractivity contribution in [2.75, 3.05) is 13.2 Å². The summed E-state index contributed by atoms with van der Waals surface area (Å²) in [7, 11) is -3.80. The van der Waals surface area contributed by atoms with Crippen LogP contribution in [-0.2, 0) is 33.4 Å². The number of amides is 1. The van der Waals surface area contributed by atoms with Gasteiger partial charge in [-0.25, -0.2) is 17.8 Å². The Balaban J connectivity index is 1.66. The van der Waals surface area contributed by atoms with Crippen LogP contribution in [0.2, 0.25) is 5.02 Å². The highest BCUT2D eigenvalue weighted by Gasteiger charge is 2.28. The zero-order chi connectivity index (χ0) is 26.6. The Morgan fingerprint density at radius 2 is 2.00 bits per heavy atom. The average Bonchev–Trinajstić information content (AvgIpc) is 3.49. The van der Waals surface area contributed by atoms with Gasteiger partial charge in [0.05, 0.1) is 30.3 Å². The predicted molar refractivity (Wildman–Crippen MR) is 140 cm³/mol. The third-order valence-corrected chi connectivity index (χ3v) is 7.98. The number of halogens is 2. The molecule has 37 heavy (non-hydrogen) atoms. The fraction of sp³-hybridized carbons (Fsp3) is 0.407. The highest BCUT2D eigenvalue weighted by molar-refractivity contribution is 7.90. The molecule has 1 aromatic heterocycles. The van der Waals surface area contributed by atoms with E-state index in [1.54, 1.807) is 33.7 Å². The summed E-state index contributed by atoms with van der Waals surface area (Å²) in [5, 5.41) is 0.422. The molecule has 0 radical (unpaired) electrons. The van der Waals surface area contributed by atoms with Crippen LogP contribution in [-0.4, -0.2) is 48.0 Å². The maximum atomic E-state index is 13.5. The lowest BCUT2D eigenvalue weighted by molar-refractivity contribution is 0.0501. The quantitative estimate of drug-likeness (QED) is 0.351. The average molecular weight is 548 g/mol. The Labute approximate surface area is 222 Å². The maximum Gasteiger partial charge on any atom is 0.254 e. The fourth-order valence-corrected chi connectivity index (χ4v) is 6.16. The summed E-state index contributed by atoms with van der Waals surface area (Å²) in [6, 6.07) is 12.1. The zero-order valence-corrected chi connectivity index (χ0v) is 22.5. The number of benzene rings is 2. The van der Waals surface area contributed by atoms with E-state index in [1.807, 2.05) is 13.8 Å². The zero-order valence-electron chi connectivity index (χ0n) is 20.9. The molecule has 1 aliphatic rings. The summed E-state index contributed by atoms with van der Waals surface area (Å²) in [4.78, 5) is 19.4. The molecular formula is C27H31ClFN3O4S. The van der Waals surface area contributed by atoms with Crippen molar-refractivity contribution >= 4 is 27.3 Å². The van der Waals surface area contributed by atoms with Crippen LogP contribution in [0.4, 0.5) is 4.39 Å². The van der Waals surface area contributed by atoms with Crippen molar-refractivity contribution in [1.29, 1.82) is 0 Å². The van der Waals surface area contributed by atoms with Crippen LogP contribution in [0, 0.1) is 11.7 Å². The van der Waals surface area contributed by atoms with Crippen LogP contribution >= 0.6 is 11.6 Å². The number of carbonyl (C=O) groups excluding carboxylic acids is 1. The highest BCUT2D eigenvalue weighted by Crippen LogP contribution is 2.23. The third kappa shape index (κ3) is 6.97. The number of hydrogen-bond acceptors (Lipinski definition) is 5. The van der Waals surface area contributed by atoms with E-state index in [0.29, 0.717) is 41.5 Å². The minimum absolute atomic E-state index is 0.0394. The van der Waals surface area contributed by atoms with Gasteiger partial charge in [-0.2, -0.15) is 0 Å². The molecule has 1 aliphatic heterocycles. The van der Waals surface area contributed by atoms with E-state index in [1.165, 1.54) is 30.5 Å². The molecule has 1 amide bonds. The molecule has 4 rings (SSSR count). The van der Waals surface area contributed by atoms with Crippen molar-refractivity contribution < 1.29 is 22.3 Å². The van der Waals surface area contributed by atoms with E-state index in [-0.39, 0.29) is 35.4 Å². The molecule has 0 bridgehead atoms. The van der Waals surface area contributed by atoms with Gasteiger partial charge in [-0.1, -0.05) is 37.6 Å². The second-order valence-electron chi connectivity index (χ2n) is 9.75. The van der Waals surface area contributed by atoms with Gasteiger partial charge in [0.2, 0.25) is 15.0 Å². The number of hydrogen-bond donors (Lipinski definition) is 0. The Bertz CT molecular complexity index is 1340. The van der Waals surface area contributed by atoms with Gasteiger partial charge >= 0.3 is 0 Å². The van der Waals surface area contributed by atoms with Crippen molar-refractivity contribution in [2.24, 2.45) is 5.92 Å². The van der Waals surface area contributed by atoms with Gasteiger partial charge in [-0.05, 0) is 60.7 Å². The lowest BCUT2D eigenvalue weighted by Crippen LogP contribution is -2.37. The second-order valence-corrected chi connectivity index (χ2v) is 12.1. The third-order valence-electron chi connectivity index (χ3n) is 6.15. The lowest BCUT2D eigenvalue weighted by Gasteiger charge is -2.26. The number of imidazole rings is 1. The van der Waals surface area contributed by atoms with E-state index in [2.05, 4.69) is 4.98 Å². The van der Waals surface area contributed by atoms with Crippen molar-refractivity contribution in [3.05, 3.63) is 82.4 Å². The maximum absolute atomic E-state index is 13.5. The summed E-state index contributed by atoms with van der Waals surface area (Å²) < 4.78 is 47.8. The molecule has 7 nitrogen and oxygen atoms in total. The molecule has 1 fully saturated rings. The lowest BCUT2D eigenvalue weighted by atomic mass is 10.1. The van der Waals surface area contributed by atoms with Gasteiger partial charge in [-0.3, -0.25) is 4.79 Å². The molecule has 1 atom stereocenters. The number of carbonyl (C=O) groups is 1. The van der Waals surface area contributed by atoms with E-state index >= 15 is 0 Å². The van der Waals surface area contributed by atoms with Crippen LogP contribution in [0.5, 0.6) is 0 Å². The number of sulfone groups is 1. The van der Waals surface area contributed by atoms with E-state index in [4.69, 9.17) is 16.3 Å². The van der Waals surface area contributed by atoms with Crippen LogP contribution < -0.4 is 0 Å². The molecule has 2 aromatic carbocycles. The van der Waals surface area contributed by atoms with Crippen LogP contribution in [0.1, 0.15) is 48.3 Å². The molecule has 0 N–H and O–H groups in total. The molecule has 3 aromatic rings. The Morgan fingerprint density at radius 3 is 2.65 bits per heavy atom. The first-order valence-electron chi connectivity index (χ1n) is 12.3. The highest BCUT2D eigenvalue weighted by atomic mass is 35.5. The van der Waals surface area contributed by atoms with E-state index < -0.39 is 15.7 Å². The monoisotopic (exact) mass is 547 g/mol. The van der Waals surface area contributed by atoms with Crippen LogP contribution in [0.25, 0.3) is 0 Å². The molecule has 10 heteroatoms. The Hall–Kier alpha value is -2.75. The summed E-state index contributed by atoms with van der Waals surface area (Å²) >= 11 is 6.06. The number of aromatic nitrogens is 2. The molecule has 0 spiro atoms. The molecule has 2 heterocycles. The van der Waals surface area contributed by atoms with Gasteiger partial charge in [0.1, 0.15) is 5.82 Å². The molecule has 0 aliphatic carbocycles. The summed E-state index contributed by atoms with van der Waals surface area (Å²) in [5.41, 5.74) is 1.52. The summed E-state index contributed by atoms with van der Waals surface area (Å²) in [6.45, 7) is 5.52. The van der Waals surface area contributed by atoms with Crippen LogP contribution in [0.15, 0.2) is 59.9 Å². The normalized spacial score (nSPS) is 15.9. The molecule has 0 saturated carbocycles. The van der Waals surface area contributed by atoms with Gasteiger partial charge < -0.3 is 14.2 Å². The van der Waals surface area contributed by atoms with Gasteiger partial charge in [-0.15, -0.1) is 0 Å². The first kappa shape index (κ1) is 27.3. The minimum Gasteiger partial charge on any atom is -0.376 e. The standard InChI is InChI=1S/C27H31ClFN3O4S/c1-19(2)15-32-24(14-30-27(32)37(34,35)18-20-5-3-6-22(28)13-20)16-31(17-25-7-4-12-36-25)26(33)21-8-10-23(29)11-9-21/h3,5-6,8-11,13-14,19,25H,4,7,12,15-18H2,1-2H3. The Morgan fingerprint density at radius 1 is 1.24 bits per heavy atom. The van der Waals surface area contributed by atoms with Gasteiger partial charge in [0.25, 0.3) is 5.91 Å². The summed E-state index contributed by atoms with van der Waals surface area (Å²) in [5.74, 6) is -0.814. The topological polar surface area (TPSA) is 81.5 Å². The van der Waals surface area contributed by atoms with Crippen LogP contribution in [0.3, 0.4) is 0 Å². The van der Waals surface area contributed by atoms with Crippen molar-refractivity contribution in [3.8, 4) is 0 Å². The summed E-state index contributed by atoms with van der Waals surface area (Å²) in [6.07, 6.45) is 3.16. The second kappa shape index (κ2) is 11.8. The smallest absolute Gasteiger partial charge is 0.254 e. The SMILES string of the molecule is CC(C)Cn1c(CN(CC2CCCO2)C(=O)c2ccc(F)cc2)cnc1S(=O)(=O)Cc1cccc(Cl)c1. The first-order chi connectivity index (χ1) is 17.6. The van der Waals surface area contributed by atoms with Crippen molar-refractivity contribution in [1.82, 2.24) is 14.5 Å². The Kier molecular flexibility index (Phi) is 8.67. The minimum atomic E-state index is -3.80. The van der Waals surface area contributed by atoms with Gasteiger partial charge in [0, 0.05) is 30.3 Å².